The van der Waals surface area contributed by atoms with Crippen molar-refractivity contribution in [3.05, 3.63) is 29.6 Å². The first-order valence-electron chi connectivity index (χ1n) is 6.88. The molecule has 0 aliphatic carbocycles. The van der Waals surface area contributed by atoms with Crippen molar-refractivity contribution < 1.29 is 9.50 Å². The van der Waals surface area contributed by atoms with Crippen LogP contribution in [0.5, 0.6) is 0 Å². The number of nitrogens with zero attached hydrogens (tertiary/aromatic N) is 2. The normalized spacial score (nSPS) is 21.6. The molecule has 1 aliphatic heterocycles. The molecule has 0 aromatic heterocycles. The Kier molecular flexibility index (Phi) is 4.42. The van der Waals surface area contributed by atoms with Gasteiger partial charge in [0.2, 0.25) is 0 Å². The molecule has 0 spiro atoms. The standard InChI is InChI=1S/C15H23FN2O/c1-11(19)12-6-7-15(14(16)9-12)18(3)10-13-5-4-8-17(13)2/h6-7,9,11,13,19H,4-5,8,10H2,1-3H3/t11-,13?/m0/s1. The Balaban J connectivity index is 2.08. The maximum absolute atomic E-state index is 14.1. The van der Waals surface area contributed by atoms with E-state index in [2.05, 4.69) is 11.9 Å². The molecule has 1 aliphatic rings. The second-order valence-electron chi connectivity index (χ2n) is 5.54. The minimum absolute atomic E-state index is 0.262. The van der Waals surface area contributed by atoms with Gasteiger partial charge in [-0.05, 0) is 51.1 Å². The van der Waals surface area contributed by atoms with Crippen LogP contribution in [0.15, 0.2) is 18.2 Å². The van der Waals surface area contributed by atoms with Gasteiger partial charge in [-0.3, -0.25) is 0 Å². The van der Waals surface area contributed by atoms with Gasteiger partial charge in [0, 0.05) is 19.6 Å². The highest BCUT2D eigenvalue weighted by molar-refractivity contribution is 5.49. The third-order valence-corrected chi connectivity index (χ3v) is 4.02. The summed E-state index contributed by atoms with van der Waals surface area (Å²) in [6.45, 7) is 3.61. The average molecular weight is 266 g/mol. The molecule has 4 heteroatoms. The molecule has 1 unspecified atom stereocenters. The predicted octanol–water partition coefficient (Wildman–Crippen LogP) is 2.41. The highest BCUT2D eigenvalue weighted by atomic mass is 19.1. The predicted molar refractivity (Wildman–Crippen MR) is 76.0 cm³/mol. The van der Waals surface area contributed by atoms with Crippen molar-refractivity contribution in [2.45, 2.75) is 31.9 Å². The molecule has 0 amide bonds. The number of likely N-dealkylation sites (tertiary alicyclic amines) is 1. The van der Waals surface area contributed by atoms with Crippen LogP contribution < -0.4 is 4.90 Å². The van der Waals surface area contributed by atoms with Crippen molar-refractivity contribution in [2.75, 3.05) is 32.1 Å². The van der Waals surface area contributed by atoms with Gasteiger partial charge in [-0.1, -0.05) is 6.07 Å². The first kappa shape index (κ1) is 14.3. The lowest BCUT2D eigenvalue weighted by Crippen LogP contribution is -2.36. The number of aliphatic hydroxyl groups is 1. The Bertz CT molecular complexity index is 436. The Hall–Kier alpha value is -1.13. The first-order chi connectivity index (χ1) is 8.99. The van der Waals surface area contributed by atoms with E-state index >= 15 is 0 Å². The van der Waals surface area contributed by atoms with E-state index in [-0.39, 0.29) is 5.82 Å². The fourth-order valence-electron chi connectivity index (χ4n) is 2.72. The molecule has 1 aromatic rings. The van der Waals surface area contributed by atoms with Crippen LogP contribution in [-0.2, 0) is 0 Å². The SMILES string of the molecule is C[C@H](O)c1ccc(N(C)CC2CCCN2C)c(F)c1. The highest BCUT2D eigenvalue weighted by Gasteiger charge is 2.23. The van der Waals surface area contributed by atoms with Crippen LogP contribution in [0, 0.1) is 5.82 Å². The van der Waals surface area contributed by atoms with E-state index in [1.165, 1.54) is 18.9 Å². The zero-order chi connectivity index (χ0) is 14.0. The van der Waals surface area contributed by atoms with Crippen LogP contribution in [0.2, 0.25) is 0 Å². The van der Waals surface area contributed by atoms with E-state index in [0.717, 1.165) is 13.1 Å². The Morgan fingerprint density at radius 1 is 1.53 bits per heavy atom. The molecule has 0 radical (unpaired) electrons. The van der Waals surface area contributed by atoms with Crippen molar-refractivity contribution in [3.8, 4) is 0 Å². The Morgan fingerprint density at radius 3 is 2.79 bits per heavy atom. The van der Waals surface area contributed by atoms with Crippen LogP contribution in [0.3, 0.4) is 0 Å². The molecular weight excluding hydrogens is 243 g/mol. The van der Waals surface area contributed by atoms with E-state index in [0.29, 0.717) is 17.3 Å². The Labute approximate surface area is 114 Å². The number of hydrogen-bond acceptors (Lipinski definition) is 3. The third-order valence-electron chi connectivity index (χ3n) is 4.02. The molecule has 1 aromatic carbocycles. The lowest BCUT2D eigenvalue weighted by atomic mass is 10.1. The van der Waals surface area contributed by atoms with E-state index in [9.17, 15) is 9.50 Å². The van der Waals surface area contributed by atoms with Gasteiger partial charge in [0.15, 0.2) is 0 Å². The average Bonchev–Trinajstić information content (AvgIpc) is 2.74. The van der Waals surface area contributed by atoms with Crippen molar-refractivity contribution in [1.29, 1.82) is 0 Å². The summed E-state index contributed by atoms with van der Waals surface area (Å²) in [5.74, 6) is -0.262. The second-order valence-corrected chi connectivity index (χ2v) is 5.54. The molecule has 0 saturated carbocycles. The summed E-state index contributed by atoms with van der Waals surface area (Å²) in [4.78, 5) is 4.30. The summed E-state index contributed by atoms with van der Waals surface area (Å²) in [5, 5.41) is 9.46. The monoisotopic (exact) mass is 266 g/mol. The summed E-state index contributed by atoms with van der Waals surface area (Å²) in [6.07, 6.45) is 1.77. The van der Waals surface area contributed by atoms with Gasteiger partial charge in [-0.15, -0.1) is 0 Å². The summed E-state index contributed by atoms with van der Waals surface area (Å²) in [5.41, 5.74) is 1.22. The number of benzene rings is 1. The molecule has 3 nitrogen and oxygen atoms in total. The molecule has 1 saturated heterocycles. The maximum Gasteiger partial charge on any atom is 0.146 e. The van der Waals surface area contributed by atoms with Crippen LogP contribution in [0.1, 0.15) is 31.4 Å². The number of halogens is 1. The molecule has 1 heterocycles. The zero-order valence-corrected chi connectivity index (χ0v) is 11.9. The lowest BCUT2D eigenvalue weighted by Gasteiger charge is -2.27. The molecular formula is C15H23FN2O. The highest BCUT2D eigenvalue weighted by Crippen LogP contribution is 2.24. The fraction of sp³-hybridized carbons (Fsp3) is 0.600. The smallest absolute Gasteiger partial charge is 0.146 e. The Morgan fingerprint density at radius 2 is 2.26 bits per heavy atom. The lowest BCUT2D eigenvalue weighted by molar-refractivity contribution is 0.199. The van der Waals surface area contributed by atoms with Gasteiger partial charge in [0.1, 0.15) is 5.82 Å². The number of aliphatic hydroxyl groups excluding tert-OH is 1. The van der Waals surface area contributed by atoms with E-state index < -0.39 is 6.10 Å². The first-order valence-corrected chi connectivity index (χ1v) is 6.88. The van der Waals surface area contributed by atoms with E-state index in [4.69, 9.17) is 0 Å². The van der Waals surface area contributed by atoms with Crippen molar-refractivity contribution >= 4 is 5.69 Å². The largest absolute Gasteiger partial charge is 0.389 e. The molecule has 2 atom stereocenters. The molecule has 19 heavy (non-hydrogen) atoms. The maximum atomic E-state index is 14.1. The fourth-order valence-corrected chi connectivity index (χ4v) is 2.72. The summed E-state index contributed by atoms with van der Waals surface area (Å²) < 4.78 is 14.1. The number of hydrogen-bond donors (Lipinski definition) is 1. The number of anilines is 1. The molecule has 1 fully saturated rings. The van der Waals surface area contributed by atoms with Crippen molar-refractivity contribution in [1.82, 2.24) is 4.90 Å². The summed E-state index contributed by atoms with van der Waals surface area (Å²) >= 11 is 0. The van der Waals surface area contributed by atoms with Crippen LogP contribution in [0.25, 0.3) is 0 Å². The van der Waals surface area contributed by atoms with Crippen LogP contribution in [0.4, 0.5) is 10.1 Å². The third kappa shape index (κ3) is 3.25. The van der Waals surface area contributed by atoms with Crippen molar-refractivity contribution in [3.63, 3.8) is 0 Å². The minimum atomic E-state index is -0.630. The molecule has 2 rings (SSSR count). The molecule has 1 N–H and O–H groups in total. The van der Waals surface area contributed by atoms with Crippen molar-refractivity contribution in [2.24, 2.45) is 0 Å². The number of likely N-dealkylation sites (N-methyl/N-ethyl adjacent to an activating group) is 2. The van der Waals surface area contributed by atoms with Crippen LogP contribution >= 0.6 is 0 Å². The quantitative estimate of drug-likeness (QED) is 0.906. The summed E-state index contributed by atoms with van der Waals surface area (Å²) in [7, 11) is 4.05. The van der Waals surface area contributed by atoms with Gasteiger partial charge < -0.3 is 14.9 Å². The van der Waals surface area contributed by atoms with Crippen LogP contribution in [-0.4, -0.2) is 43.2 Å². The van der Waals surface area contributed by atoms with Gasteiger partial charge in [0.25, 0.3) is 0 Å². The molecule has 106 valence electrons. The van der Waals surface area contributed by atoms with E-state index in [1.54, 1.807) is 19.1 Å². The van der Waals surface area contributed by atoms with Gasteiger partial charge in [-0.2, -0.15) is 0 Å². The second kappa shape index (κ2) is 5.88. The zero-order valence-electron chi connectivity index (χ0n) is 11.9. The van der Waals surface area contributed by atoms with Gasteiger partial charge in [0.05, 0.1) is 11.8 Å². The van der Waals surface area contributed by atoms with Gasteiger partial charge in [-0.25, -0.2) is 4.39 Å². The minimum Gasteiger partial charge on any atom is -0.389 e. The van der Waals surface area contributed by atoms with E-state index in [1.807, 2.05) is 11.9 Å². The summed E-state index contributed by atoms with van der Waals surface area (Å²) in [6, 6.07) is 5.47. The number of rotatable bonds is 4. The van der Waals surface area contributed by atoms with Gasteiger partial charge >= 0.3 is 0 Å². The topological polar surface area (TPSA) is 26.7 Å². The molecule has 0 bridgehead atoms.